The van der Waals surface area contributed by atoms with Crippen molar-refractivity contribution in [3.63, 3.8) is 0 Å². The maximum absolute atomic E-state index is 12.6. The fraction of sp³-hybridized carbons (Fsp3) is 0.0769. The molecular weight excluding hydrogens is 323 g/mol. The summed E-state index contributed by atoms with van der Waals surface area (Å²) in [4.78, 5) is 10.3. The van der Waals surface area contributed by atoms with Crippen LogP contribution in [0.25, 0.3) is 0 Å². The number of nitro groups is 1. The summed E-state index contributed by atoms with van der Waals surface area (Å²) >= 11 is 0. The number of anilines is 1. The Morgan fingerprint density at radius 3 is 2.17 bits per heavy atom. The van der Waals surface area contributed by atoms with E-state index in [1.54, 1.807) is 0 Å². The van der Waals surface area contributed by atoms with E-state index >= 15 is 0 Å². The van der Waals surface area contributed by atoms with E-state index in [0.29, 0.717) is 0 Å². The normalized spacial score (nSPS) is 11.1. The first-order valence-electron chi connectivity index (χ1n) is 6.43. The quantitative estimate of drug-likeness (QED) is 0.454. The van der Waals surface area contributed by atoms with Crippen molar-refractivity contribution in [3.8, 4) is 0 Å². The van der Waals surface area contributed by atoms with Gasteiger partial charge in [0.15, 0.2) is 0 Å². The van der Waals surface area contributed by atoms with Gasteiger partial charge in [-0.15, -0.1) is 0 Å². The first-order chi connectivity index (χ1) is 10.7. The molecule has 8 nitrogen and oxygen atoms in total. The highest BCUT2D eigenvalue weighted by Gasteiger charge is 2.27. The molecule has 0 saturated heterocycles. The number of nitro benzene ring substituents is 1. The van der Waals surface area contributed by atoms with Crippen molar-refractivity contribution in [2.75, 3.05) is 11.4 Å². The molecular formula is C13H13BN2O6S. The molecule has 0 aromatic heterocycles. The molecule has 0 amide bonds. The monoisotopic (exact) mass is 336 g/mol. The van der Waals surface area contributed by atoms with Crippen LogP contribution in [0.2, 0.25) is 0 Å². The van der Waals surface area contributed by atoms with Gasteiger partial charge in [-0.2, -0.15) is 0 Å². The van der Waals surface area contributed by atoms with Crippen molar-refractivity contribution in [1.29, 1.82) is 0 Å². The molecule has 0 unspecified atom stereocenters. The van der Waals surface area contributed by atoms with Crippen LogP contribution >= 0.6 is 0 Å². The van der Waals surface area contributed by atoms with E-state index in [4.69, 9.17) is 10.0 Å². The third-order valence-electron chi connectivity index (χ3n) is 3.25. The van der Waals surface area contributed by atoms with E-state index in [1.165, 1.54) is 55.6 Å². The Kier molecular flexibility index (Phi) is 4.69. The molecule has 2 rings (SSSR count). The molecule has 0 bridgehead atoms. The molecule has 0 aliphatic rings. The van der Waals surface area contributed by atoms with Gasteiger partial charge in [-0.3, -0.25) is 14.4 Å². The highest BCUT2D eigenvalue weighted by atomic mass is 32.2. The lowest BCUT2D eigenvalue weighted by molar-refractivity contribution is -0.384. The SMILES string of the molecule is CN(c1ccccc1[N+](=O)[O-])S(=O)(=O)c1ccc(B(O)O)cc1. The van der Waals surface area contributed by atoms with Crippen LogP contribution in [0.4, 0.5) is 11.4 Å². The maximum Gasteiger partial charge on any atom is 0.488 e. The molecule has 0 atom stereocenters. The average Bonchev–Trinajstić information content (AvgIpc) is 2.54. The van der Waals surface area contributed by atoms with Gasteiger partial charge in [0.25, 0.3) is 15.7 Å². The van der Waals surface area contributed by atoms with Gasteiger partial charge in [0.05, 0.1) is 9.82 Å². The summed E-state index contributed by atoms with van der Waals surface area (Å²) in [5, 5.41) is 29.1. The molecule has 2 aromatic carbocycles. The van der Waals surface area contributed by atoms with Gasteiger partial charge in [-0.25, -0.2) is 8.42 Å². The highest BCUT2D eigenvalue weighted by molar-refractivity contribution is 7.92. The molecule has 120 valence electrons. The summed E-state index contributed by atoms with van der Waals surface area (Å²) in [5.41, 5.74) is -0.262. The number of hydrogen-bond acceptors (Lipinski definition) is 6. The van der Waals surface area contributed by atoms with Gasteiger partial charge in [0.2, 0.25) is 0 Å². The van der Waals surface area contributed by atoms with Crippen LogP contribution in [-0.2, 0) is 10.0 Å². The van der Waals surface area contributed by atoms with Crippen LogP contribution in [0, 0.1) is 10.1 Å². The second-order valence-corrected chi connectivity index (χ2v) is 6.63. The minimum atomic E-state index is -4.02. The largest absolute Gasteiger partial charge is 0.488 e. The Morgan fingerprint density at radius 2 is 1.65 bits per heavy atom. The van der Waals surface area contributed by atoms with Crippen molar-refractivity contribution in [3.05, 3.63) is 58.6 Å². The zero-order chi connectivity index (χ0) is 17.2. The second-order valence-electron chi connectivity index (χ2n) is 4.66. The average molecular weight is 336 g/mol. The molecule has 0 aliphatic heterocycles. The van der Waals surface area contributed by atoms with Gasteiger partial charge in [-0.05, 0) is 23.7 Å². The van der Waals surface area contributed by atoms with Crippen LogP contribution in [0.5, 0.6) is 0 Å². The third kappa shape index (κ3) is 3.34. The Bertz CT molecular complexity index is 823. The summed E-state index contributed by atoms with van der Waals surface area (Å²) in [5.74, 6) is 0. The fourth-order valence-electron chi connectivity index (χ4n) is 1.98. The van der Waals surface area contributed by atoms with Crippen LogP contribution in [0.3, 0.4) is 0 Å². The number of benzene rings is 2. The van der Waals surface area contributed by atoms with E-state index in [0.717, 1.165) is 4.31 Å². The Balaban J connectivity index is 2.45. The topological polar surface area (TPSA) is 121 Å². The van der Waals surface area contributed by atoms with E-state index < -0.39 is 22.1 Å². The Hall–Kier alpha value is -2.43. The molecule has 2 N–H and O–H groups in total. The predicted molar refractivity (Wildman–Crippen MR) is 85.0 cm³/mol. The lowest BCUT2D eigenvalue weighted by Gasteiger charge is -2.19. The van der Waals surface area contributed by atoms with Crippen molar-refractivity contribution in [2.24, 2.45) is 0 Å². The number of nitrogens with zero attached hydrogens (tertiary/aromatic N) is 2. The van der Waals surface area contributed by atoms with Gasteiger partial charge in [0, 0.05) is 13.1 Å². The zero-order valence-corrected chi connectivity index (χ0v) is 12.8. The molecule has 0 heterocycles. The van der Waals surface area contributed by atoms with E-state index in [-0.39, 0.29) is 21.7 Å². The minimum absolute atomic E-state index is 0.0660. The summed E-state index contributed by atoms with van der Waals surface area (Å²) < 4.78 is 25.9. The second kappa shape index (κ2) is 6.36. The predicted octanol–water partition coefficient (Wildman–Crippen LogP) is 0.0997. The smallest absolute Gasteiger partial charge is 0.423 e. The summed E-state index contributed by atoms with van der Waals surface area (Å²) in [7, 11) is -4.52. The first-order valence-corrected chi connectivity index (χ1v) is 7.87. The molecule has 23 heavy (non-hydrogen) atoms. The summed E-state index contributed by atoms with van der Waals surface area (Å²) in [6.07, 6.45) is 0. The molecule has 0 spiro atoms. The molecule has 10 heteroatoms. The van der Waals surface area contributed by atoms with Gasteiger partial charge < -0.3 is 10.0 Å². The lowest BCUT2D eigenvalue weighted by atomic mass is 9.81. The van der Waals surface area contributed by atoms with Crippen LogP contribution in [0.1, 0.15) is 0 Å². The summed E-state index contributed by atoms with van der Waals surface area (Å²) in [6.45, 7) is 0. The highest BCUT2D eigenvalue weighted by Crippen LogP contribution is 2.30. The van der Waals surface area contributed by atoms with Crippen LogP contribution in [-0.4, -0.2) is 37.6 Å². The van der Waals surface area contributed by atoms with Gasteiger partial charge in [-0.1, -0.05) is 24.3 Å². The van der Waals surface area contributed by atoms with Crippen molar-refractivity contribution < 1.29 is 23.4 Å². The molecule has 0 radical (unpaired) electrons. The van der Waals surface area contributed by atoms with E-state index in [1.807, 2.05) is 0 Å². The number of rotatable bonds is 5. The summed E-state index contributed by atoms with van der Waals surface area (Å²) in [6, 6.07) is 10.4. The zero-order valence-electron chi connectivity index (χ0n) is 12.0. The lowest BCUT2D eigenvalue weighted by Crippen LogP contribution is -2.31. The Morgan fingerprint density at radius 1 is 1.09 bits per heavy atom. The van der Waals surface area contributed by atoms with Crippen molar-refractivity contribution in [1.82, 2.24) is 0 Å². The van der Waals surface area contributed by atoms with E-state index in [2.05, 4.69) is 0 Å². The van der Waals surface area contributed by atoms with E-state index in [9.17, 15) is 18.5 Å². The fourth-order valence-corrected chi connectivity index (χ4v) is 3.19. The standard InChI is InChI=1S/C13H13BN2O6S/c1-15(12-4-2-3-5-13(12)16(19)20)23(21,22)11-8-6-10(7-9-11)14(17)18/h2-9,17-18H,1H3. The number of para-hydroxylation sites is 2. The van der Waals surface area contributed by atoms with Crippen molar-refractivity contribution >= 4 is 34.0 Å². The maximum atomic E-state index is 12.6. The molecule has 2 aromatic rings. The molecule has 0 saturated carbocycles. The third-order valence-corrected chi connectivity index (χ3v) is 5.04. The minimum Gasteiger partial charge on any atom is -0.423 e. The first kappa shape index (κ1) is 16.9. The molecule has 0 fully saturated rings. The Labute approximate surface area is 133 Å². The van der Waals surface area contributed by atoms with Crippen LogP contribution in [0.15, 0.2) is 53.4 Å². The van der Waals surface area contributed by atoms with Gasteiger partial charge in [0.1, 0.15) is 5.69 Å². The van der Waals surface area contributed by atoms with Crippen LogP contribution < -0.4 is 9.77 Å². The number of hydrogen-bond donors (Lipinski definition) is 2. The van der Waals surface area contributed by atoms with Crippen molar-refractivity contribution in [2.45, 2.75) is 4.90 Å². The molecule has 0 aliphatic carbocycles. The number of sulfonamides is 1. The van der Waals surface area contributed by atoms with Gasteiger partial charge >= 0.3 is 7.12 Å².